The van der Waals surface area contributed by atoms with Crippen molar-refractivity contribution in [2.24, 2.45) is 0 Å². The summed E-state index contributed by atoms with van der Waals surface area (Å²) in [5, 5.41) is 18.1. The van der Waals surface area contributed by atoms with E-state index in [0.717, 1.165) is 12.8 Å². The third kappa shape index (κ3) is 6.32. The fourth-order valence-electron chi connectivity index (χ4n) is 1.02. The molecule has 2 atom stereocenters. The van der Waals surface area contributed by atoms with Gasteiger partial charge in [-0.05, 0) is 13.3 Å². The van der Waals surface area contributed by atoms with Gasteiger partial charge >= 0.3 is 0 Å². The molecule has 11 heavy (non-hydrogen) atoms. The van der Waals surface area contributed by atoms with Gasteiger partial charge in [0.1, 0.15) is 0 Å². The summed E-state index contributed by atoms with van der Waals surface area (Å²) in [5.41, 5.74) is 0. The molecule has 0 aliphatic rings. The van der Waals surface area contributed by atoms with Gasteiger partial charge < -0.3 is 10.2 Å². The van der Waals surface area contributed by atoms with Crippen LogP contribution in [0, 0.1) is 0 Å². The summed E-state index contributed by atoms with van der Waals surface area (Å²) in [6.07, 6.45) is 4.28. The van der Waals surface area contributed by atoms with Crippen LogP contribution in [0.5, 0.6) is 0 Å². The highest BCUT2D eigenvalue weighted by molar-refractivity contribution is 4.61. The molecule has 0 saturated carbocycles. The van der Waals surface area contributed by atoms with Gasteiger partial charge in [-0.25, -0.2) is 0 Å². The number of aliphatic hydroxyl groups is 2. The standard InChI is InChI=1S/C9H20O2/c1-3-4-5-6-7-9(11)8(2)10/h8-11H,3-7H2,1-2H3/t8-,9-/m0/s1. The molecule has 0 saturated heterocycles. The summed E-state index contributed by atoms with van der Waals surface area (Å²) < 4.78 is 0. The van der Waals surface area contributed by atoms with Crippen molar-refractivity contribution in [3.63, 3.8) is 0 Å². The van der Waals surface area contributed by atoms with Crippen LogP contribution in [-0.2, 0) is 0 Å². The van der Waals surface area contributed by atoms with Gasteiger partial charge in [-0.15, -0.1) is 0 Å². The summed E-state index contributed by atoms with van der Waals surface area (Å²) in [5.74, 6) is 0. The zero-order valence-electron chi connectivity index (χ0n) is 7.58. The van der Waals surface area contributed by atoms with Gasteiger partial charge in [-0.3, -0.25) is 0 Å². The van der Waals surface area contributed by atoms with Crippen LogP contribution in [-0.4, -0.2) is 22.4 Å². The van der Waals surface area contributed by atoms with Gasteiger partial charge in [0.05, 0.1) is 12.2 Å². The van der Waals surface area contributed by atoms with Gasteiger partial charge in [0.25, 0.3) is 0 Å². The smallest absolute Gasteiger partial charge is 0.0796 e. The van der Waals surface area contributed by atoms with Crippen LogP contribution in [0.3, 0.4) is 0 Å². The topological polar surface area (TPSA) is 40.5 Å². The predicted molar refractivity (Wildman–Crippen MR) is 46.4 cm³/mol. The van der Waals surface area contributed by atoms with Gasteiger partial charge in [0.2, 0.25) is 0 Å². The molecule has 0 unspecified atom stereocenters. The molecule has 0 bridgehead atoms. The molecule has 0 heterocycles. The second kappa shape index (κ2) is 6.62. The van der Waals surface area contributed by atoms with Crippen LogP contribution >= 0.6 is 0 Å². The summed E-state index contributed by atoms with van der Waals surface area (Å²) in [6.45, 7) is 3.79. The van der Waals surface area contributed by atoms with Crippen LogP contribution in [0.4, 0.5) is 0 Å². The predicted octanol–water partition coefficient (Wildman–Crippen LogP) is 1.70. The van der Waals surface area contributed by atoms with Crippen molar-refractivity contribution in [1.29, 1.82) is 0 Å². The van der Waals surface area contributed by atoms with Crippen LogP contribution in [0.15, 0.2) is 0 Å². The molecule has 0 aliphatic heterocycles. The molecule has 2 N–H and O–H groups in total. The molecular weight excluding hydrogens is 140 g/mol. The lowest BCUT2D eigenvalue weighted by molar-refractivity contribution is 0.0247. The fraction of sp³-hybridized carbons (Fsp3) is 1.00. The Morgan fingerprint density at radius 2 is 1.73 bits per heavy atom. The molecule has 2 nitrogen and oxygen atoms in total. The van der Waals surface area contributed by atoms with Gasteiger partial charge in [0, 0.05) is 0 Å². The highest BCUT2D eigenvalue weighted by Crippen LogP contribution is 2.07. The Bertz CT molecular complexity index is 81.6. The maximum Gasteiger partial charge on any atom is 0.0796 e. The van der Waals surface area contributed by atoms with E-state index in [-0.39, 0.29) is 0 Å². The zero-order chi connectivity index (χ0) is 8.69. The molecule has 0 amide bonds. The Hall–Kier alpha value is -0.0800. The molecule has 0 fully saturated rings. The maximum atomic E-state index is 9.18. The minimum atomic E-state index is -0.573. The van der Waals surface area contributed by atoms with E-state index < -0.39 is 12.2 Å². The second-order valence-electron chi connectivity index (χ2n) is 3.16. The summed E-state index contributed by atoms with van der Waals surface area (Å²) in [4.78, 5) is 0. The molecular formula is C9H20O2. The van der Waals surface area contributed by atoms with Gasteiger partial charge in [-0.1, -0.05) is 32.6 Å². The van der Waals surface area contributed by atoms with Crippen molar-refractivity contribution in [2.75, 3.05) is 0 Å². The molecule has 68 valence electrons. The minimum Gasteiger partial charge on any atom is -0.391 e. The molecule has 0 aliphatic carbocycles. The third-order valence-electron chi connectivity index (χ3n) is 1.91. The van der Waals surface area contributed by atoms with Gasteiger partial charge in [0.15, 0.2) is 0 Å². The monoisotopic (exact) mass is 160 g/mol. The van der Waals surface area contributed by atoms with Crippen molar-refractivity contribution in [1.82, 2.24) is 0 Å². The molecule has 0 aromatic rings. The van der Waals surface area contributed by atoms with Crippen LogP contribution in [0.1, 0.15) is 46.0 Å². The SMILES string of the molecule is CCCCCC[C@H](O)[C@H](C)O. The summed E-state index contributed by atoms with van der Waals surface area (Å²) in [7, 11) is 0. The van der Waals surface area contributed by atoms with Crippen molar-refractivity contribution >= 4 is 0 Å². The Morgan fingerprint density at radius 1 is 1.09 bits per heavy atom. The number of unbranched alkanes of at least 4 members (excludes halogenated alkanes) is 3. The average Bonchev–Trinajstić information content (AvgIpc) is 1.97. The largest absolute Gasteiger partial charge is 0.391 e. The first-order valence-corrected chi connectivity index (χ1v) is 4.54. The first kappa shape index (κ1) is 10.9. The highest BCUT2D eigenvalue weighted by atomic mass is 16.3. The summed E-state index contributed by atoms with van der Waals surface area (Å²) in [6, 6.07) is 0. The highest BCUT2D eigenvalue weighted by Gasteiger charge is 2.08. The number of rotatable bonds is 6. The van der Waals surface area contributed by atoms with E-state index in [0.29, 0.717) is 0 Å². The Morgan fingerprint density at radius 3 is 2.18 bits per heavy atom. The zero-order valence-corrected chi connectivity index (χ0v) is 7.58. The molecule has 0 radical (unpaired) electrons. The molecule has 0 spiro atoms. The van der Waals surface area contributed by atoms with Crippen LogP contribution in [0.25, 0.3) is 0 Å². The second-order valence-corrected chi connectivity index (χ2v) is 3.16. The number of aliphatic hydroxyl groups excluding tert-OH is 2. The van der Waals surface area contributed by atoms with E-state index in [4.69, 9.17) is 5.11 Å². The van der Waals surface area contributed by atoms with E-state index in [1.165, 1.54) is 19.3 Å². The maximum absolute atomic E-state index is 9.18. The number of hydrogen-bond acceptors (Lipinski definition) is 2. The molecule has 0 rings (SSSR count). The summed E-state index contributed by atoms with van der Waals surface area (Å²) >= 11 is 0. The third-order valence-corrected chi connectivity index (χ3v) is 1.91. The van der Waals surface area contributed by atoms with E-state index in [1.54, 1.807) is 6.92 Å². The van der Waals surface area contributed by atoms with Gasteiger partial charge in [-0.2, -0.15) is 0 Å². The Kier molecular flexibility index (Phi) is 6.57. The van der Waals surface area contributed by atoms with E-state index >= 15 is 0 Å². The Labute approximate surface area is 69.2 Å². The van der Waals surface area contributed by atoms with E-state index in [2.05, 4.69) is 6.92 Å². The lowest BCUT2D eigenvalue weighted by Gasteiger charge is -2.12. The molecule has 0 aromatic carbocycles. The van der Waals surface area contributed by atoms with Crippen molar-refractivity contribution in [2.45, 2.75) is 58.2 Å². The lowest BCUT2D eigenvalue weighted by atomic mass is 10.1. The van der Waals surface area contributed by atoms with Crippen molar-refractivity contribution < 1.29 is 10.2 Å². The fourth-order valence-corrected chi connectivity index (χ4v) is 1.02. The Balaban J connectivity index is 3.10. The van der Waals surface area contributed by atoms with Crippen LogP contribution < -0.4 is 0 Å². The average molecular weight is 160 g/mol. The van der Waals surface area contributed by atoms with Crippen molar-refractivity contribution in [3.05, 3.63) is 0 Å². The molecule has 0 aromatic heterocycles. The first-order chi connectivity index (χ1) is 5.18. The number of hydrogen-bond donors (Lipinski definition) is 2. The van der Waals surface area contributed by atoms with E-state index in [9.17, 15) is 5.11 Å². The van der Waals surface area contributed by atoms with Crippen LogP contribution in [0.2, 0.25) is 0 Å². The lowest BCUT2D eigenvalue weighted by Crippen LogP contribution is -2.21. The minimum absolute atomic E-state index is 0.521. The van der Waals surface area contributed by atoms with E-state index in [1.807, 2.05) is 0 Å². The molecule has 2 heteroatoms. The van der Waals surface area contributed by atoms with Crippen molar-refractivity contribution in [3.8, 4) is 0 Å². The normalized spacial score (nSPS) is 16.4. The quantitative estimate of drug-likeness (QED) is 0.581. The first-order valence-electron chi connectivity index (χ1n) is 4.54.